The Hall–Kier alpha value is 0.130. The van der Waals surface area contributed by atoms with Crippen molar-refractivity contribution in [1.29, 1.82) is 0 Å². The summed E-state index contributed by atoms with van der Waals surface area (Å²) in [5.74, 6) is 0. The third kappa shape index (κ3) is 4.05. The SMILES string of the molecule is CCCNC(c1ccc(Cl)c(Br)c1)c1ccc(Br)s1. The van der Waals surface area contributed by atoms with E-state index < -0.39 is 0 Å². The first-order valence-electron chi connectivity index (χ1n) is 6.05. The van der Waals surface area contributed by atoms with Gasteiger partial charge in [0.05, 0.1) is 14.9 Å². The van der Waals surface area contributed by atoms with Gasteiger partial charge >= 0.3 is 0 Å². The minimum atomic E-state index is 0.213. The topological polar surface area (TPSA) is 12.0 Å². The van der Waals surface area contributed by atoms with Crippen LogP contribution in [-0.2, 0) is 0 Å². The zero-order valence-corrected chi connectivity index (χ0v) is 15.2. The highest BCUT2D eigenvalue weighted by Gasteiger charge is 2.16. The Morgan fingerprint density at radius 2 is 2.05 bits per heavy atom. The zero-order valence-electron chi connectivity index (χ0n) is 10.4. The van der Waals surface area contributed by atoms with Crippen LogP contribution in [0.2, 0.25) is 5.02 Å². The Labute approximate surface area is 139 Å². The van der Waals surface area contributed by atoms with Gasteiger partial charge in [-0.2, -0.15) is 0 Å². The second-order valence-electron chi connectivity index (χ2n) is 4.20. The lowest BCUT2D eigenvalue weighted by Crippen LogP contribution is -2.22. The lowest BCUT2D eigenvalue weighted by atomic mass is 10.1. The maximum absolute atomic E-state index is 6.07. The molecule has 102 valence electrons. The number of benzene rings is 1. The first-order valence-corrected chi connectivity index (χ1v) is 8.83. The van der Waals surface area contributed by atoms with Crippen LogP contribution >= 0.6 is 54.8 Å². The Bertz CT molecular complexity index is 556. The standard InChI is InChI=1S/C14H14Br2ClNS/c1-2-7-18-14(12-5-6-13(16)19-12)9-3-4-11(17)10(15)8-9/h3-6,8,14,18H,2,7H2,1H3. The van der Waals surface area contributed by atoms with Gasteiger partial charge in [0.1, 0.15) is 0 Å². The molecule has 0 fully saturated rings. The van der Waals surface area contributed by atoms with Crippen LogP contribution in [0.3, 0.4) is 0 Å². The largest absolute Gasteiger partial charge is 0.306 e. The Balaban J connectivity index is 2.33. The number of hydrogen-bond donors (Lipinski definition) is 1. The van der Waals surface area contributed by atoms with Gasteiger partial charge in [-0.3, -0.25) is 0 Å². The first kappa shape index (κ1) is 15.5. The summed E-state index contributed by atoms with van der Waals surface area (Å²) in [4.78, 5) is 1.30. The third-order valence-corrected chi connectivity index (χ3v) is 5.66. The van der Waals surface area contributed by atoms with E-state index in [2.05, 4.69) is 68.4 Å². The fraction of sp³-hybridized carbons (Fsp3) is 0.286. The molecule has 0 saturated carbocycles. The first-order chi connectivity index (χ1) is 9.11. The van der Waals surface area contributed by atoms with Crippen molar-refractivity contribution < 1.29 is 0 Å². The van der Waals surface area contributed by atoms with Gasteiger partial charge < -0.3 is 5.32 Å². The summed E-state index contributed by atoms with van der Waals surface area (Å²) in [7, 11) is 0. The molecule has 1 N–H and O–H groups in total. The van der Waals surface area contributed by atoms with Crippen LogP contribution in [0.25, 0.3) is 0 Å². The molecule has 0 spiro atoms. The van der Waals surface area contributed by atoms with E-state index in [1.807, 2.05) is 6.07 Å². The molecule has 0 aliphatic rings. The summed E-state index contributed by atoms with van der Waals surface area (Å²) in [5, 5.41) is 4.33. The second-order valence-corrected chi connectivity index (χ2v) is 7.96. The van der Waals surface area contributed by atoms with E-state index in [4.69, 9.17) is 11.6 Å². The highest BCUT2D eigenvalue weighted by molar-refractivity contribution is 9.11. The highest BCUT2D eigenvalue weighted by atomic mass is 79.9. The van der Waals surface area contributed by atoms with Crippen LogP contribution in [-0.4, -0.2) is 6.54 Å². The molecular weight excluding hydrogens is 409 g/mol. The van der Waals surface area contributed by atoms with E-state index in [0.717, 1.165) is 26.2 Å². The lowest BCUT2D eigenvalue weighted by molar-refractivity contribution is 0.605. The molecule has 0 aliphatic carbocycles. The minimum Gasteiger partial charge on any atom is -0.306 e. The molecular formula is C14H14Br2ClNS. The molecule has 0 aliphatic heterocycles. The monoisotopic (exact) mass is 421 g/mol. The van der Waals surface area contributed by atoms with Gasteiger partial charge in [0, 0.05) is 9.35 Å². The Kier molecular flexibility index (Phi) is 5.90. The molecule has 0 saturated heterocycles. The van der Waals surface area contributed by atoms with Crippen LogP contribution in [0.4, 0.5) is 0 Å². The average molecular weight is 424 g/mol. The zero-order chi connectivity index (χ0) is 13.8. The van der Waals surface area contributed by atoms with Gasteiger partial charge in [0.25, 0.3) is 0 Å². The Morgan fingerprint density at radius 3 is 2.63 bits per heavy atom. The third-order valence-electron chi connectivity index (χ3n) is 2.75. The van der Waals surface area contributed by atoms with Crippen molar-refractivity contribution in [3.05, 3.63) is 54.1 Å². The van der Waals surface area contributed by atoms with Crippen molar-refractivity contribution in [2.45, 2.75) is 19.4 Å². The number of thiophene rings is 1. The fourth-order valence-electron chi connectivity index (χ4n) is 1.85. The molecule has 19 heavy (non-hydrogen) atoms. The van der Waals surface area contributed by atoms with E-state index in [9.17, 15) is 0 Å². The maximum Gasteiger partial charge on any atom is 0.0702 e. The van der Waals surface area contributed by atoms with Crippen molar-refractivity contribution in [2.24, 2.45) is 0 Å². The second kappa shape index (κ2) is 7.23. The van der Waals surface area contributed by atoms with Crippen LogP contribution < -0.4 is 5.32 Å². The number of nitrogens with one attached hydrogen (secondary N) is 1. The molecule has 1 atom stereocenters. The normalized spacial score (nSPS) is 12.6. The lowest BCUT2D eigenvalue weighted by Gasteiger charge is -2.18. The van der Waals surface area contributed by atoms with Crippen molar-refractivity contribution in [1.82, 2.24) is 5.32 Å². The summed E-state index contributed by atoms with van der Waals surface area (Å²) in [6.45, 7) is 3.16. The summed E-state index contributed by atoms with van der Waals surface area (Å²) in [5.41, 5.74) is 1.22. The summed E-state index contributed by atoms with van der Waals surface area (Å²) < 4.78 is 2.09. The van der Waals surface area contributed by atoms with E-state index in [-0.39, 0.29) is 6.04 Å². The van der Waals surface area contributed by atoms with Crippen molar-refractivity contribution >= 4 is 54.8 Å². The van der Waals surface area contributed by atoms with Gasteiger partial charge in [-0.25, -0.2) is 0 Å². The predicted octanol–water partition coefficient (Wildman–Crippen LogP) is 6.02. The van der Waals surface area contributed by atoms with E-state index >= 15 is 0 Å². The van der Waals surface area contributed by atoms with Crippen molar-refractivity contribution in [2.75, 3.05) is 6.54 Å². The Morgan fingerprint density at radius 1 is 1.26 bits per heavy atom. The van der Waals surface area contributed by atoms with E-state index in [1.165, 1.54) is 10.4 Å². The molecule has 0 amide bonds. The van der Waals surface area contributed by atoms with Crippen LogP contribution in [0.5, 0.6) is 0 Å². The van der Waals surface area contributed by atoms with Crippen LogP contribution in [0, 0.1) is 0 Å². The van der Waals surface area contributed by atoms with Gasteiger partial charge in [-0.05, 0) is 74.7 Å². The molecule has 1 aromatic heterocycles. The molecule has 1 nitrogen and oxygen atoms in total. The summed E-state index contributed by atoms with van der Waals surface area (Å²) >= 11 is 14.8. The average Bonchev–Trinajstić information content (AvgIpc) is 2.80. The van der Waals surface area contributed by atoms with Gasteiger partial charge in [0.2, 0.25) is 0 Å². The van der Waals surface area contributed by atoms with Gasteiger partial charge in [-0.15, -0.1) is 11.3 Å². The molecule has 2 rings (SSSR count). The molecule has 1 unspecified atom stereocenters. The smallest absolute Gasteiger partial charge is 0.0702 e. The molecule has 1 aromatic carbocycles. The molecule has 2 aromatic rings. The van der Waals surface area contributed by atoms with E-state index in [1.54, 1.807) is 11.3 Å². The number of halogens is 3. The maximum atomic E-state index is 6.07. The summed E-state index contributed by atoms with van der Waals surface area (Å²) in [6.07, 6.45) is 1.11. The highest BCUT2D eigenvalue weighted by Crippen LogP contribution is 2.33. The van der Waals surface area contributed by atoms with Gasteiger partial charge in [0.15, 0.2) is 0 Å². The van der Waals surface area contributed by atoms with Crippen molar-refractivity contribution in [3.63, 3.8) is 0 Å². The van der Waals surface area contributed by atoms with Gasteiger partial charge in [-0.1, -0.05) is 24.6 Å². The molecule has 0 radical (unpaired) electrons. The molecule has 0 bridgehead atoms. The van der Waals surface area contributed by atoms with Crippen molar-refractivity contribution in [3.8, 4) is 0 Å². The van der Waals surface area contributed by atoms with Crippen LogP contribution in [0.15, 0.2) is 38.6 Å². The van der Waals surface area contributed by atoms with Crippen LogP contribution in [0.1, 0.15) is 29.8 Å². The summed E-state index contributed by atoms with van der Waals surface area (Å²) in [6, 6.07) is 10.6. The number of rotatable bonds is 5. The number of hydrogen-bond acceptors (Lipinski definition) is 2. The van der Waals surface area contributed by atoms with E-state index in [0.29, 0.717) is 0 Å². The molecule has 5 heteroatoms. The minimum absolute atomic E-state index is 0.213. The molecule has 1 heterocycles. The predicted molar refractivity (Wildman–Crippen MR) is 91.3 cm³/mol. The fourth-order valence-corrected chi connectivity index (χ4v) is 3.89. The quantitative estimate of drug-likeness (QED) is 0.620.